The Bertz CT molecular complexity index is 918. The molecule has 0 spiro atoms. The van der Waals surface area contributed by atoms with Gasteiger partial charge in [0.2, 0.25) is 10.0 Å². The average molecular weight is 418 g/mol. The number of piperidine rings is 1. The van der Waals surface area contributed by atoms with Crippen molar-refractivity contribution in [1.82, 2.24) is 14.8 Å². The number of nitrogens with zero attached hydrogens (tertiary/aromatic N) is 2. The minimum Gasteiger partial charge on any atom is -0.360 e. The molecule has 6 nitrogen and oxygen atoms in total. The maximum atomic E-state index is 12.6. The molecular weight excluding hydrogens is 386 g/mol. The van der Waals surface area contributed by atoms with Gasteiger partial charge in [0.25, 0.3) is 0 Å². The SMILES string of the molecule is CC1(C)[C@H](Cc2cc(CN3CCCCC3)on2)C[C@@H]1NS(=O)(=O)c1ccccc1. The molecule has 1 saturated heterocycles. The van der Waals surface area contributed by atoms with Crippen LogP contribution in [0, 0.1) is 11.3 Å². The predicted molar refractivity (Wildman–Crippen MR) is 112 cm³/mol. The molecule has 158 valence electrons. The van der Waals surface area contributed by atoms with Crippen LogP contribution in [-0.4, -0.2) is 37.6 Å². The molecule has 1 aromatic heterocycles. The second kappa shape index (κ2) is 8.20. The summed E-state index contributed by atoms with van der Waals surface area (Å²) in [5.41, 5.74) is 0.841. The average Bonchev–Trinajstić information content (AvgIpc) is 3.15. The van der Waals surface area contributed by atoms with E-state index in [2.05, 4.69) is 34.7 Å². The number of hydrogen-bond donors (Lipinski definition) is 1. The first-order valence-electron chi connectivity index (χ1n) is 10.6. The number of hydrogen-bond acceptors (Lipinski definition) is 5. The Morgan fingerprint density at radius 1 is 1.17 bits per heavy atom. The van der Waals surface area contributed by atoms with E-state index >= 15 is 0 Å². The van der Waals surface area contributed by atoms with Crippen LogP contribution in [0.1, 0.15) is 51.0 Å². The lowest BCUT2D eigenvalue weighted by molar-refractivity contribution is 0.0270. The molecule has 1 aromatic carbocycles. The molecule has 0 radical (unpaired) electrons. The third-order valence-corrected chi connectivity index (χ3v) is 8.20. The minimum absolute atomic E-state index is 0.0718. The first-order valence-corrected chi connectivity index (χ1v) is 12.1. The summed E-state index contributed by atoms with van der Waals surface area (Å²) in [4.78, 5) is 2.74. The molecule has 0 amide bonds. The summed E-state index contributed by atoms with van der Waals surface area (Å²) >= 11 is 0. The van der Waals surface area contributed by atoms with E-state index in [1.165, 1.54) is 19.3 Å². The van der Waals surface area contributed by atoms with Crippen molar-refractivity contribution in [2.24, 2.45) is 11.3 Å². The van der Waals surface area contributed by atoms with E-state index in [0.29, 0.717) is 10.8 Å². The second-order valence-electron chi connectivity index (χ2n) is 9.07. The van der Waals surface area contributed by atoms with Crippen LogP contribution in [-0.2, 0) is 23.0 Å². The highest BCUT2D eigenvalue weighted by atomic mass is 32.2. The molecule has 29 heavy (non-hydrogen) atoms. The quantitative estimate of drug-likeness (QED) is 0.745. The number of nitrogens with one attached hydrogen (secondary N) is 1. The second-order valence-corrected chi connectivity index (χ2v) is 10.8. The van der Waals surface area contributed by atoms with Crippen LogP contribution in [0.25, 0.3) is 0 Å². The molecule has 2 fully saturated rings. The van der Waals surface area contributed by atoms with Gasteiger partial charge in [-0.1, -0.05) is 43.6 Å². The third kappa shape index (κ3) is 4.57. The summed E-state index contributed by atoms with van der Waals surface area (Å²) in [7, 11) is -3.49. The van der Waals surface area contributed by atoms with Gasteiger partial charge in [-0.25, -0.2) is 13.1 Å². The molecule has 1 saturated carbocycles. The van der Waals surface area contributed by atoms with Gasteiger partial charge in [0, 0.05) is 12.1 Å². The number of aromatic nitrogens is 1. The van der Waals surface area contributed by atoms with Gasteiger partial charge in [0.1, 0.15) is 0 Å². The highest BCUT2D eigenvalue weighted by Crippen LogP contribution is 2.48. The Hall–Kier alpha value is -1.70. The first-order chi connectivity index (χ1) is 13.8. The Labute approximate surface area is 173 Å². The third-order valence-electron chi connectivity index (χ3n) is 6.71. The lowest BCUT2D eigenvalue weighted by Gasteiger charge is -2.52. The molecular formula is C22H31N3O3S. The Balaban J connectivity index is 1.33. The van der Waals surface area contributed by atoms with Crippen molar-refractivity contribution >= 4 is 10.0 Å². The Kier molecular flexibility index (Phi) is 5.82. The summed E-state index contributed by atoms with van der Waals surface area (Å²) in [6.07, 6.45) is 5.48. The van der Waals surface area contributed by atoms with Crippen molar-refractivity contribution in [2.75, 3.05) is 13.1 Å². The molecule has 4 rings (SSSR count). The molecule has 2 aliphatic rings. The molecule has 7 heteroatoms. The molecule has 1 N–H and O–H groups in total. The van der Waals surface area contributed by atoms with Gasteiger partial charge < -0.3 is 4.52 Å². The monoisotopic (exact) mass is 417 g/mol. The van der Waals surface area contributed by atoms with Gasteiger partial charge in [-0.05, 0) is 62.2 Å². The number of rotatable bonds is 7. The van der Waals surface area contributed by atoms with Crippen molar-refractivity contribution < 1.29 is 12.9 Å². The Morgan fingerprint density at radius 3 is 2.59 bits per heavy atom. The lowest BCUT2D eigenvalue weighted by atomic mass is 9.57. The summed E-state index contributed by atoms with van der Waals surface area (Å²) in [5.74, 6) is 1.30. The smallest absolute Gasteiger partial charge is 0.240 e. The molecule has 1 aliphatic carbocycles. The van der Waals surface area contributed by atoms with Gasteiger partial charge in [-0.3, -0.25) is 4.90 Å². The van der Waals surface area contributed by atoms with E-state index in [1.807, 2.05) is 6.07 Å². The number of sulfonamides is 1. The lowest BCUT2D eigenvalue weighted by Crippen LogP contribution is -2.58. The molecule has 2 aromatic rings. The van der Waals surface area contributed by atoms with Crippen LogP contribution >= 0.6 is 0 Å². The molecule has 0 unspecified atom stereocenters. The summed E-state index contributed by atoms with van der Waals surface area (Å²) in [6, 6.07) is 10.6. The van der Waals surface area contributed by atoms with Gasteiger partial charge >= 0.3 is 0 Å². The zero-order chi connectivity index (χ0) is 20.5. The first kappa shape index (κ1) is 20.6. The maximum absolute atomic E-state index is 12.6. The fraction of sp³-hybridized carbons (Fsp3) is 0.591. The van der Waals surface area contributed by atoms with Crippen LogP contribution in [0.2, 0.25) is 0 Å². The molecule has 1 aliphatic heterocycles. The largest absolute Gasteiger partial charge is 0.360 e. The van der Waals surface area contributed by atoms with Crippen molar-refractivity contribution in [3.8, 4) is 0 Å². The predicted octanol–water partition coefficient (Wildman–Crippen LogP) is 3.60. The zero-order valence-corrected chi connectivity index (χ0v) is 18.1. The van der Waals surface area contributed by atoms with E-state index in [0.717, 1.165) is 43.9 Å². The zero-order valence-electron chi connectivity index (χ0n) is 17.3. The van der Waals surface area contributed by atoms with Crippen molar-refractivity contribution in [1.29, 1.82) is 0 Å². The van der Waals surface area contributed by atoms with Crippen molar-refractivity contribution in [3.63, 3.8) is 0 Å². The normalized spacial score (nSPS) is 24.9. The topological polar surface area (TPSA) is 75.4 Å². The van der Waals surface area contributed by atoms with E-state index < -0.39 is 10.0 Å². The molecule has 2 atom stereocenters. The summed E-state index contributed by atoms with van der Waals surface area (Å²) < 4.78 is 33.7. The van der Waals surface area contributed by atoms with Crippen LogP contribution in [0.4, 0.5) is 0 Å². The van der Waals surface area contributed by atoms with Gasteiger partial charge in [-0.2, -0.15) is 0 Å². The van der Waals surface area contributed by atoms with Crippen LogP contribution in [0.3, 0.4) is 0 Å². The summed E-state index contributed by atoms with van der Waals surface area (Å²) in [6.45, 7) is 7.37. The fourth-order valence-electron chi connectivity index (χ4n) is 4.53. The maximum Gasteiger partial charge on any atom is 0.240 e. The van der Waals surface area contributed by atoms with E-state index in [1.54, 1.807) is 24.3 Å². The van der Waals surface area contributed by atoms with Crippen molar-refractivity contribution in [2.45, 2.75) is 63.4 Å². The fourth-order valence-corrected chi connectivity index (χ4v) is 5.96. The molecule has 2 heterocycles. The van der Waals surface area contributed by atoms with Crippen molar-refractivity contribution in [3.05, 3.63) is 47.9 Å². The van der Waals surface area contributed by atoms with Gasteiger partial charge in [0.05, 0.1) is 17.1 Å². The highest BCUT2D eigenvalue weighted by molar-refractivity contribution is 7.89. The van der Waals surface area contributed by atoms with Crippen LogP contribution < -0.4 is 4.72 Å². The Morgan fingerprint density at radius 2 is 1.90 bits per heavy atom. The standard InChI is InChI=1S/C22H31N3O3S/c1-22(2)17(14-21(22)24-29(26,27)20-9-5-3-6-10-20)13-18-15-19(28-23-18)16-25-11-7-4-8-12-25/h3,5-6,9-10,15,17,21,24H,4,7-8,11-14,16H2,1-2H3/t17-,21+/m1/s1. The molecule has 0 bridgehead atoms. The number of benzene rings is 1. The number of likely N-dealkylation sites (tertiary alicyclic amines) is 1. The van der Waals surface area contributed by atoms with Crippen LogP contribution in [0.15, 0.2) is 45.8 Å². The van der Waals surface area contributed by atoms with E-state index in [9.17, 15) is 8.42 Å². The van der Waals surface area contributed by atoms with Crippen LogP contribution in [0.5, 0.6) is 0 Å². The summed E-state index contributed by atoms with van der Waals surface area (Å²) in [5, 5.41) is 4.28. The highest BCUT2D eigenvalue weighted by Gasteiger charge is 2.49. The van der Waals surface area contributed by atoms with Gasteiger partial charge in [-0.15, -0.1) is 0 Å². The van der Waals surface area contributed by atoms with E-state index in [4.69, 9.17) is 4.52 Å². The minimum atomic E-state index is -3.49. The van der Waals surface area contributed by atoms with Gasteiger partial charge in [0.15, 0.2) is 5.76 Å². The van der Waals surface area contributed by atoms with E-state index in [-0.39, 0.29) is 11.5 Å².